The summed E-state index contributed by atoms with van der Waals surface area (Å²) in [5.41, 5.74) is 1.94. The number of halogens is 2. The van der Waals surface area contributed by atoms with E-state index in [1.807, 2.05) is 6.92 Å². The molecule has 0 heterocycles. The van der Waals surface area contributed by atoms with E-state index >= 15 is 0 Å². The summed E-state index contributed by atoms with van der Waals surface area (Å²) >= 11 is 7.54. The highest BCUT2D eigenvalue weighted by Crippen LogP contribution is 2.18. The number of rotatable bonds is 2. The molecule has 0 N–H and O–H groups in total. The number of ketones is 1. The van der Waals surface area contributed by atoms with Crippen molar-refractivity contribution < 1.29 is 4.79 Å². The van der Waals surface area contributed by atoms with Crippen molar-refractivity contribution in [3.63, 3.8) is 0 Å². The number of hydrogen-bond donors (Lipinski definition) is 0. The molecule has 0 spiro atoms. The number of carbonyl (C=O) groups is 1. The van der Waals surface area contributed by atoms with Gasteiger partial charge in [-0.2, -0.15) is 5.26 Å². The Hall–Kier alpha value is -0.600. The molecule has 72 valence electrons. The van der Waals surface area contributed by atoms with Crippen LogP contribution < -0.4 is 0 Å². The van der Waals surface area contributed by atoms with Gasteiger partial charge < -0.3 is 0 Å². The molecule has 0 saturated heterocycles. The van der Waals surface area contributed by atoms with Gasteiger partial charge in [0, 0.05) is 9.13 Å². The molecule has 0 aliphatic rings. The maximum Gasteiger partial charge on any atom is 0.177 e. The number of hydrogen-bond acceptors (Lipinski definition) is 2. The Morgan fingerprint density at radius 3 is 2.79 bits per heavy atom. The van der Waals surface area contributed by atoms with Crippen molar-refractivity contribution in [1.82, 2.24) is 0 Å². The molecule has 0 saturated carbocycles. The fourth-order valence-corrected chi connectivity index (χ4v) is 1.81. The van der Waals surface area contributed by atoms with E-state index in [9.17, 15) is 4.79 Å². The van der Waals surface area contributed by atoms with Crippen LogP contribution in [0, 0.1) is 21.8 Å². The van der Waals surface area contributed by atoms with Gasteiger partial charge in [-0.1, -0.05) is 0 Å². The topological polar surface area (TPSA) is 40.9 Å². The Morgan fingerprint density at radius 2 is 2.29 bits per heavy atom. The quantitative estimate of drug-likeness (QED) is 0.478. The SMILES string of the molecule is Cc1c(I)cc(C(=O)CCl)cc1C#N. The summed E-state index contributed by atoms with van der Waals surface area (Å²) in [6, 6.07) is 5.39. The molecule has 0 unspecified atom stereocenters. The van der Waals surface area contributed by atoms with Crippen molar-refractivity contribution in [2.24, 2.45) is 0 Å². The van der Waals surface area contributed by atoms with Crippen LogP contribution in [-0.4, -0.2) is 11.7 Å². The molecule has 0 atom stereocenters. The summed E-state index contributed by atoms with van der Waals surface area (Å²) in [6.07, 6.45) is 0. The van der Waals surface area contributed by atoms with Crippen LogP contribution in [0.3, 0.4) is 0 Å². The first-order chi connectivity index (χ1) is 6.60. The summed E-state index contributed by atoms with van der Waals surface area (Å²) in [4.78, 5) is 11.3. The van der Waals surface area contributed by atoms with Crippen molar-refractivity contribution in [2.45, 2.75) is 6.92 Å². The van der Waals surface area contributed by atoms with Gasteiger partial charge in [0.2, 0.25) is 0 Å². The Bertz CT molecular complexity index is 423. The van der Waals surface area contributed by atoms with Gasteiger partial charge in [0.25, 0.3) is 0 Å². The lowest BCUT2D eigenvalue weighted by atomic mass is 10.0. The Kier molecular flexibility index (Phi) is 3.90. The first-order valence-corrected chi connectivity index (χ1v) is 5.51. The van der Waals surface area contributed by atoms with Crippen LogP contribution in [0.5, 0.6) is 0 Å². The van der Waals surface area contributed by atoms with E-state index in [2.05, 4.69) is 28.7 Å². The van der Waals surface area contributed by atoms with Gasteiger partial charge in [0.15, 0.2) is 5.78 Å². The number of alkyl halides is 1. The molecule has 1 rings (SSSR count). The minimum atomic E-state index is -0.152. The highest BCUT2D eigenvalue weighted by molar-refractivity contribution is 14.1. The van der Waals surface area contributed by atoms with E-state index in [1.54, 1.807) is 12.1 Å². The van der Waals surface area contributed by atoms with E-state index in [-0.39, 0.29) is 11.7 Å². The largest absolute Gasteiger partial charge is 0.293 e. The van der Waals surface area contributed by atoms with Crippen molar-refractivity contribution in [1.29, 1.82) is 5.26 Å². The normalized spacial score (nSPS) is 9.57. The zero-order valence-electron chi connectivity index (χ0n) is 7.47. The number of nitriles is 1. The number of nitrogens with zero attached hydrogens (tertiary/aromatic N) is 1. The van der Waals surface area contributed by atoms with Crippen molar-refractivity contribution in [3.05, 3.63) is 32.4 Å². The van der Waals surface area contributed by atoms with Gasteiger partial charge in [0.05, 0.1) is 17.5 Å². The molecule has 0 amide bonds. The van der Waals surface area contributed by atoms with Crippen molar-refractivity contribution in [3.8, 4) is 6.07 Å². The smallest absolute Gasteiger partial charge is 0.177 e. The van der Waals surface area contributed by atoms with Crippen LogP contribution in [0.15, 0.2) is 12.1 Å². The van der Waals surface area contributed by atoms with Gasteiger partial charge >= 0.3 is 0 Å². The second-order valence-corrected chi connectivity index (χ2v) is 4.23. The molecule has 0 fully saturated rings. The van der Waals surface area contributed by atoms with E-state index in [4.69, 9.17) is 16.9 Å². The monoisotopic (exact) mass is 319 g/mol. The maximum atomic E-state index is 11.3. The molecule has 14 heavy (non-hydrogen) atoms. The van der Waals surface area contributed by atoms with Gasteiger partial charge in [-0.25, -0.2) is 0 Å². The molecule has 0 aliphatic heterocycles. The minimum absolute atomic E-state index is 0.0516. The van der Waals surface area contributed by atoms with Gasteiger partial charge in [0.1, 0.15) is 0 Å². The molecule has 0 bridgehead atoms. The van der Waals surface area contributed by atoms with Crippen LogP contribution >= 0.6 is 34.2 Å². The first kappa shape index (κ1) is 11.5. The van der Waals surface area contributed by atoms with E-state index in [0.29, 0.717) is 11.1 Å². The Balaban J connectivity index is 3.32. The van der Waals surface area contributed by atoms with Gasteiger partial charge in [-0.15, -0.1) is 11.6 Å². The third kappa shape index (κ3) is 2.25. The predicted octanol–water partition coefficient (Wildman–Crippen LogP) is 2.89. The summed E-state index contributed by atoms with van der Waals surface area (Å²) in [5.74, 6) is -0.203. The van der Waals surface area contributed by atoms with Gasteiger partial charge in [-0.3, -0.25) is 4.79 Å². The number of carbonyl (C=O) groups excluding carboxylic acids is 1. The second-order valence-electron chi connectivity index (χ2n) is 2.80. The van der Waals surface area contributed by atoms with E-state index in [0.717, 1.165) is 9.13 Å². The van der Waals surface area contributed by atoms with Gasteiger partial charge in [-0.05, 0) is 47.2 Å². The molecule has 4 heteroatoms. The van der Waals surface area contributed by atoms with Crippen molar-refractivity contribution >= 4 is 40.0 Å². The lowest BCUT2D eigenvalue weighted by Gasteiger charge is -2.04. The standard InChI is InChI=1S/C10H7ClINO/c1-6-8(5-13)2-7(3-9(6)12)10(14)4-11/h2-3H,4H2,1H3. The molecular weight excluding hydrogens is 312 g/mol. The molecule has 2 nitrogen and oxygen atoms in total. The lowest BCUT2D eigenvalue weighted by Crippen LogP contribution is -2.02. The molecule has 0 aliphatic carbocycles. The van der Waals surface area contributed by atoms with Crippen LogP contribution in [-0.2, 0) is 0 Å². The summed E-state index contributed by atoms with van der Waals surface area (Å²) in [7, 11) is 0. The fraction of sp³-hybridized carbons (Fsp3) is 0.200. The molecule has 1 aromatic rings. The van der Waals surface area contributed by atoms with E-state index < -0.39 is 0 Å². The van der Waals surface area contributed by atoms with E-state index in [1.165, 1.54) is 0 Å². The summed E-state index contributed by atoms with van der Waals surface area (Å²) < 4.78 is 0.912. The molecule has 0 radical (unpaired) electrons. The first-order valence-electron chi connectivity index (χ1n) is 3.89. The molecule has 0 aromatic heterocycles. The highest BCUT2D eigenvalue weighted by atomic mass is 127. The average molecular weight is 320 g/mol. The van der Waals surface area contributed by atoms with Crippen LogP contribution in [0.4, 0.5) is 0 Å². The number of benzene rings is 1. The molecular formula is C10H7ClINO. The second kappa shape index (κ2) is 4.76. The summed E-state index contributed by atoms with van der Waals surface area (Å²) in [5, 5.41) is 8.82. The Morgan fingerprint density at radius 1 is 1.64 bits per heavy atom. The zero-order chi connectivity index (χ0) is 10.7. The number of Topliss-reactive ketones (excluding diaryl/α,β-unsaturated/α-hetero) is 1. The Labute approximate surface area is 101 Å². The highest BCUT2D eigenvalue weighted by Gasteiger charge is 2.09. The van der Waals surface area contributed by atoms with Crippen LogP contribution in [0.25, 0.3) is 0 Å². The minimum Gasteiger partial charge on any atom is -0.293 e. The zero-order valence-corrected chi connectivity index (χ0v) is 10.4. The average Bonchev–Trinajstić information content (AvgIpc) is 2.20. The van der Waals surface area contributed by atoms with Crippen molar-refractivity contribution in [2.75, 3.05) is 5.88 Å². The lowest BCUT2D eigenvalue weighted by molar-refractivity contribution is 0.102. The molecule has 1 aromatic carbocycles. The third-order valence-corrected chi connectivity index (χ3v) is 3.27. The van der Waals surface area contributed by atoms with Crippen LogP contribution in [0.1, 0.15) is 21.5 Å². The fourth-order valence-electron chi connectivity index (χ4n) is 1.03. The predicted molar refractivity (Wildman–Crippen MR) is 63.7 cm³/mol. The third-order valence-electron chi connectivity index (χ3n) is 1.91. The van der Waals surface area contributed by atoms with Crippen LogP contribution in [0.2, 0.25) is 0 Å². The maximum absolute atomic E-state index is 11.3. The summed E-state index contributed by atoms with van der Waals surface area (Å²) in [6.45, 7) is 1.86.